The molecule has 4 heteroatoms. The van der Waals surface area contributed by atoms with Crippen LogP contribution in [0.1, 0.15) is 6.42 Å². The van der Waals surface area contributed by atoms with E-state index in [4.69, 9.17) is 11.6 Å². The third kappa shape index (κ3) is 0.749. The number of amides is 1. The van der Waals surface area contributed by atoms with Gasteiger partial charge in [-0.3, -0.25) is 4.79 Å². The minimum Gasteiger partial charge on any atom is -0.328 e. The Balaban J connectivity index is 2.08. The number of halogens is 1. The van der Waals surface area contributed by atoms with Crippen molar-refractivity contribution in [2.24, 2.45) is 0 Å². The molecule has 2 aliphatic heterocycles. The molecule has 0 aromatic carbocycles. The van der Waals surface area contributed by atoms with Gasteiger partial charge in [0.05, 0.1) is 16.5 Å². The molecule has 2 nitrogen and oxygen atoms in total. The van der Waals surface area contributed by atoms with Gasteiger partial charge < -0.3 is 4.90 Å². The molecular formula is C5H6ClNOS. The van der Waals surface area contributed by atoms with Gasteiger partial charge in [-0.2, -0.15) is 0 Å². The molecule has 0 radical (unpaired) electrons. The van der Waals surface area contributed by atoms with Crippen LogP contribution in [-0.2, 0) is 4.79 Å². The third-order valence-electron chi connectivity index (χ3n) is 1.66. The van der Waals surface area contributed by atoms with Gasteiger partial charge in [0.2, 0.25) is 5.91 Å². The summed E-state index contributed by atoms with van der Waals surface area (Å²) in [6.07, 6.45) is 0.702. The zero-order chi connectivity index (χ0) is 6.43. The van der Waals surface area contributed by atoms with Crippen LogP contribution >= 0.6 is 23.4 Å². The minimum atomic E-state index is 0.140. The minimum absolute atomic E-state index is 0.140. The van der Waals surface area contributed by atoms with E-state index in [0.717, 1.165) is 6.54 Å². The van der Waals surface area contributed by atoms with E-state index in [0.29, 0.717) is 11.8 Å². The normalized spacial score (nSPS) is 40.6. The highest BCUT2D eigenvalue weighted by Crippen LogP contribution is 2.40. The number of hydrogen-bond donors (Lipinski definition) is 0. The number of hydrogen-bond acceptors (Lipinski definition) is 2. The molecule has 2 fully saturated rings. The summed E-state index contributed by atoms with van der Waals surface area (Å²) in [5, 5.41) is 0.417. The van der Waals surface area contributed by atoms with Crippen molar-refractivity contribution in [2.75, 3.05) is 6.54 Å². The molecule has 50 valence electrons. The van der Waals surface area contributed by atoms with Gasteiger partial charge in [0.1, 0.15) is 0 Å². The summed E-state index contributed by atoms with van der Waals surface area (Å²) >= 11 is 7.47. The molecule has 9 heavy (non-hydrogen) atoms. The smallest absolute Gasteiger partial charge is 0.226 e. The zero-order valence-corrected chi connectivity index (χ0v) is 6.28. The summed E-state index contributed by atoms with van der Waals surface area (Å²) in [6, 6.07) is 0. The number of thioether (sulfide) groups is 1. The lowest BCUT2D eigenvalue weighted by molar-refractivity contribution is -0.140. The first-order chi connectivity index (χ1) is 4.27. The predicted molar refractivity (Wildman–Crippen MR) is 37.4 cm³/mol. The number of carbonyl (C=O) groups excluding carboxylic acids is 1. The van der Waals surface area contributed by atoms with Gasteiger partial charge in [-0.1, -0.05) is 0 Å². The van der Waals surface area contributed by atoms with Gasteiger partial charge >= 0.3 is 0 Å². The standard InChI is InChI=1S/C5H6ClNOS/c6-3-2-7-4(8)1-5(7)9-3/h3,5H,1-2H2/t3?,5-/m1/s1. The lowest BCUT2D eigenvalue weighted by atomic mass is 10.2. The molecule has 2 rings (SSSR count). The van der Waals surface area contributed by atoms with Crippen molar-refractivity contribution in [3.63, 3.8) is 0 Å². The molecule has 0 saturated carbocycles. The van der Waals surface area contributed by atoms with Crippen LogP contribution in [0.25, 0.3) is 0 Å². The zero-order valence-electron chi connectivity index (χ0n) is 4.71. The Morgan fingerprint density at radius 3 is 3.00 bits per heavy atom. The van der Waals surface area contributed by atoms with Crippen molar-refractivity contribution >= 4 is 29.3 Å². The van der Waals surface area contributed by atoms with E-state index >= 15 is 0 Å². The van der Waals surface area contributed by atoms with Gasteiger partial charge in [-0.05, 0) is 0 Å². The second-order valence-electron chi connectivity index (χ2n) is 2.25. The Kier molecular flexibility index (Phi) is 1.17. The maximum Gasteiger partial charge on any atom is 0.226 e. The highest BCUT2D eigenvalue weighted by atomic mass is 35.5. The van der Waals surface area contributed by atoms with Crippen LogP contribution in [0.5, 0.6) is 0 Å². The van der Waals surface area contributed by atoms with Crippen LogP contribution < -0.4 is 0 Å². The second-order valence-corrected chi connectivity index (χ2v) is 4.42. The highest BCUT2D eigenvalue weighted by molar-refractivity contribution is 8.02. The molecule has 1 amide bonds. The van der Waals surface area contributed by atoms with Crippen molar-refractivity contribution in [3.05, 3.63) is 0 Å². The van der Waals surface area contributed by atoms with E-state index < -0.39 is 0 Å². The Morgan fingerprint density at radius 2 is 2.56 bits per heavy atom. The molecule has 1 unspecified atom stereocenters. The molecule has 0 spiro atoms. The van der Waals surface area contributed by atoms with E-state index in [1.807, 2.05) is 4.90 Å². The number of alkyl halides is 1. The topological polar surface area (TPSA) is 20.3 Å². The van der Waals surface area contributed by atoms with Crippen LogP contribution in [0.3, 0.4) is 0 Å². The summed E-state index contributed by atoms with van der Waals surface area (Å²) < 4.78 is 0.140. The lowest BCUT2D eigenvalue weighted by Crippen LogP contribution is -2.47. The average Bonchev–Trinajstić information content (AvgIpc) is 2.08. The molecule has 0 aromatic heterocycles. The van der Waals surface area contributed by atoms with E-state index in [-0.39, 0.29) is 10.6 Å². The highest BCUT2D eigenvalue weighted by Gasteiger charge is 2.43. The summed E-state index contributed by atoms with van der Waals surface area (Å²) in [6.45, 7) is 0.746. The summed E-state index contributed by atoms with van der Waals surface area (Å²) in [5.41, 5.74) is 0. The van der Waals surface area contributed by atoms with Gasteiger partial charge in [-0.15, -0.1) is 23.4 Å². The maximum absolute atomic E-state index is 10.7. The molecule has 0 aromatic rings. The summed E-state index contributed by atoms with van der Waals surface area (Å²) in [5.74, 6) is 0.260. The van der Waals surface area contributed by atoms with E-state index in [1.165, 1.54) is 0 Å². The first kappa shape index (κ1) is 5.86. The van der Waals surface area contributed by atoms with Crippen molar-refractivity contribution in [1.29, 1.82) is 0 Å². The lowest BCUT2D eigenvalue weighted by Gasteiger charge is -2.32. The van der Waals surface area contributed by atoms with Crippen molar-refractivity contribution < 1.29 is 4.79 Å². The fourth-order valence-electron chi connectivity index (χ4n) is 1.13. The molecule has 2 heterocycles. The second kappa shape index (κ2) is 1.80. The van der Waals surface area contributed by atoms with Crippen LogP contribution in [0, 0.1) is 0 Å². The first-order valence-corrected chi connectivity index (χ1v) is 4.24. The van der Waals surface area contributed by atoms with E-state index in [2.05, 4.69) is 0 Å². The predicted octanol–water partition coefficient (Wildman–Crippen LogP) is 0.857. The number of nitrogens with zero attached hydrogens (tertiary/aromatic N) is 1. The third-order valence-corrected chi connectivity index (χ3v) is 3.29. The number of fused-ring (bicyclic) bond motifs is 1. The van der Waals surface area contributed by atoms with Crippen LogP contribution in [0.2, 0.25) is 0 Å². The Bertz CT molecular complexity index is 163. The first-order valence-electron chi connectivity index (χ1n) is 2.86. The number of rotatable bonds is 0. The van der Waals surface area contributed by atoms with E-state index in [9.17, 15) is 4.79 Å². The molecule has 0 N–H and O–H groups in total. The number of β-lactam (4-membered cyclic amide) rings is 1. The van der Waals surface area contributed by atoms with Gasteiger partial charge in [0, 0.05) is 6.54 Å². The average molecular weight is 164 g/mol. The fraction of sp³-hybridized carbons (Fsp3) is 0.800. The van der Waals surface area contributed by atoms with Crippen LogP contribution in [0.15, 0.2) is 0 Å². The van der Waals surface area contributed by atoms with Crippen molar-refractivity contribution in [2.45, 2.75) is 16.5 Å². The monoisotopic (exact) mass is 163 g/mol. The largest absolute Gasteiger partial charge is 0.328 e. The van der Waals surface area contributed by atoms with Gasteiger partial charge in [-0.25, -0.2) is 0 Å². The van der Waals surface area contributed by atoms with Gasteiger partial charge in [0.15, 0.2) is 0 Å². The quantitative estimate of drug-likeness (QED) is 0.390. The molecule has 2 atom stereocenters. The van der Waals surface area contributed by atoms with Crippen molar-refractivity contribution in [3.8, 4) is 0 Å². The van der Waals surface area contributed by atoms with Gasteiger partial charge in [0.25, 0.3) is 0 Å². The molecular weight excluding hydrogens is 158 g/mol. The van der Waals surface area contributed by atoms with Crippen molar-refractivity contribution in [1.82, 2.24) is 4.90 Å². The Labute approximate surface area is 62.5 Å². The molecule has 0 bridgehead atoms. The Morgan fingerprint density at radius 1 is 1.78 bits per heavy atom. The van der Waals surface area contributed by atoms with E-state index in [1.54, 1.807) is 11.8 Å². The fourth-order valence-corrected chi connectivity index (χ4v) is 2.82. The Hall–Kier alpha value is 0.110. The SMILES string of the molecule is O=C1C[C@H]2SC(Cl)CN12. The van der Waals surface area contributed by atoms with Crippen LogP contribution in [0.4, 0.5) is 0 Å². The number of carbonyl (C=O) groups is 1. The summed E-state index contributed by atoms with van der Waals surface area (Å²) in [4.78, 5) is 12.5. The molecule has 2 aliphatic rings. The molecule has 2 saturated heterocycles. The summed E-state index contributed by atoms with van der Waals surface area (Å²) in [7, 11) is 0. The van der Waals surface area contributed by atoms with Crippen LogP contribution in [-0.4, -0.2) is 27.4 Å². The molecule has 0 aliphatic carbocycles. The maximum atomic E-state index is 10.7.